The average molecular weight is 532 g/mol. The molecule has 0 radical (unpaired) electrons. The molecule has 0 unspecified atom stereocenters. The first-order valence-corrected chi connectivity index (χ1v) is 9.55. The lowest BCUT2D eigenvalue weighted by Crippen LogP contribution is -2.39. The van der Waals surface area contributed by atoms with Crippen molar-refractivity contribution < 1.29 is 18.3 Å². The van der Waals surface area contributed by atoms with Gasteiger partial charge in [0.1, 0.15) is 5.75 Å². The number of hydrogen-bond acceptors (Lipinski definition) is 4. The Labute approximate surface area is 192 Å². The molecule has 1 aliphatic rings. The van der Waals surface area contributed by atoms with E-state index in [9.17, 15) is 8.78 Å². The van der Waals surface area contributed by atoms with E-state index in [4.69, 9.17) is 4.74 Å². The zero-order valence-electron chi connectivity index (χ0n) is 16.8. The SMILES string of the molecule is CN=C(NCc1ccccc1OC(F)F)NCc1ccccc1N1CCOCC1.I. The quantitative estimate of drug-likeness (QED) is 0.325. The van der Waals surface area contributed by atoms with Crippen LogP contribution in [0.2, 0.25) is 0 Å². The lowest BCUT2D eigenvalue weighted by Gasteiger charge is -2.30. The Morgan fingerprint density at radius 3 is 2.30 bits per heavy atom. The molecule has 1 aliphatic heterocycles. The van der Waals surface area contributed by atoms with Gasteiger partial charge in [0.05, 0.1) is 13.2 Å². The highest BCUT2D eigenvalue weighted by Gasteiger charge is 2.15. The number of nitrogens with one attached hydrogen (secondary N) is 2. The molecule has 3 rings (SSSR count). The Kier molecular flexibility index (Phi) is 10.1. The molecule has 0 spiro atoms. The second kappa shape index (κ2) is 12.5. The van der Waals surface area contributed by atoms with Gasteiger partial charge in [-0.1, -0.05) is 36.4 Å². The topological polar surface area (TPSA) is 58.1 Å². The van der Waals surface area contributed by atoms with Crippen LogP contribution in [0.15, 0.2) is 53.5 Å². The zero-order chi connectivity index (χ0) is 20.5. The number of benzene rings is 2. The summed E-state index contributed by atoms with van der Waals surface area (Å²) in [7, 11) is 1.67. The maximum Gasteiger partial charge on any atom is 0.387 e. The van der Waals surface area contributed by atoms with Gasteiger partial charge in [-0.25, -0.2) is 0 Å². The summed E-state index contributed by atoms with van der Waals surface area (Å²) in [5.74, 6) is 0.733. The molecule has 2 N–H and O–H groups in total. The maximum atomic E-state index is 12.6. The Balaban J connectivity index is 0.00000320. The highest BCUT2D eigenvalue weighted by atomic mass is 127. The normalized spacial score (nSPS) is 14.3. The van der Waals surface area contributed by atoms with E-state index in [1.54, 1.807) is 25.2 Å². The summed E-state index contributed by atoms with van der Waals surface area (Å²) in [6, 6.07) is 14.9. The minimum Gasteiger partial charge on any atom is -0.434 e. The second-order valence-electron chi connectivity index (χ2n) is 6.49. The van der Waals surface area contributed by atoms with Gasteiger partial charge in [-0.2, -0.15) is 8.78 Å². The first-order valence-electron chi connectivity index (χ1n) is 9.55. The van der Waals surface area contributed by atoms with E-state index in [1.807, 2.05) is 12.1 Å². The van der Waals surface area contributed by atoms with E-state index in [0.717, 1.165) is 31.9 Å². The smallest absolute Gasteiger partial charge is 0.387 e. The van der Waals surface area contributed by atoms with Crippen LogP contribution < -0.4 is 20.3 Å². The third-order valence-electron chi connectivity index (χ3n) is 4.65. The number of halogens is 3. The minimum atomic E-state index is -2.86. The van der Waals surface area contributed by atoms with Gasteiger partial charge in [-0.15, -0.1) is 24.0 Å². The van der Waals surface area contributed by atoms with E-state index in [2.05, 4.69) is 37.4 Å². The maximum absolute atomic E-state index is 12.6. The van der Waals surface area contributed by atoms with E-state index in [-0.39, 0.29) is 29.7 Å². The number of aliphatic imine (C=N–C) groups is 1. The van der Waals surface area contributed by atoms with Crippen LogP contribution in [-0.4, -0.2) is 45.9 Å². The second-order valence-corrected chi connectivity index (χ2v) is 6.49. The molecule has 2 aromatic rings. The molecule has 1 fully saturated rings. The molecule has 6 nitrogen and oxygen atoms in total. The molecule has 0 aromatic heterocycles. The summed E-state index contributed by atoms with van der Waals surface area (Å²) in [5, 5.41) is 6.44. The fourth-order valence-corrected chi connectivity index (χ4v) is 3.21. The van der Waals surface area contributed by atoms with Crippen LogP contribution in [0.4, 0.5) is 14.5 Å². The van der Waals surface area contributed by atoms with Gasteiger partial charge in [0.15, 0.2) is 5.96 Å². The van der Waals surface area contributed by atoms with Crippen molar-refractivity contribution in [3.8, 4) is 5.75 Å². The Morgan fingerprint density at radius 2 is 1.63 bits per heavy atom. The van der Waals surface area contributed by atoms with Crippen molar-refractivity contribution in [2.24, 2.45) is 4.99 Å². The summed E-state index contributed by atoms with van der Waals surface area (Å²) < 4.78 is 35.2. The number of nitrogens with zero attached hydrogens (tertiary/aromatic N) is 2. The van der Waals surface area contributed by atoms with Crippen molar-refractivity contribution in [2.75, 3.05) is 38.3 Å². The Morgan fingerprint density at radius 1 is 1.03 bits per heavy atom. The first-order chi connectivity index (χ1) is 14.2. The number of anilines is 1. The van der Waals surface area contributed by atoms with Gasteiger partial charge in [-0.05, 0) is 17.7 Å². The molecular weight excluding hydrogens is 505 g/mol. The standard InChI is InChI=1S/C21H26F2N4O2.HI/c1-24-21(26-15-17-7-3-5-9-19(17)29-20(22)23)25-14-16-6-2-4-8-18(16)27-10-12-28-13-11-27;/h2-9,20H,10-15H2,1H3,(H2,24,25,26);1H. The summed E-state index contributed by atoms with van der Waals surface area (Å²) in [6.45, 7) is 1.23. The summed E-state index contributed by atoms with van der Waals surface area (Å²) in [4.78, 5) is 6.54. The molecular formula is C21H27F2IN4O2. The summed E-state index contributed by atoms with van der Waals surface area (Å²) in [6.07, 6.45) is 0. The number of guanidine groups is 1. The molecule has 30 heavy (non-hydrogen) atoms. The Bertz CT molecular complexity index is 817. The van der Waals surface area contributed by atoms with E-state index < -0.39 is 6.61 Å². The van der Waals surface area contributed by atoms with Gasteiger partial charge < -0.3 is 25.0 Å². The number of hydrogen-bond donors (Lipinski definition) is 2. The number of morpholine rings is 1. The molecule has 0 atom stereocenters. The lowest BCUT2D eigenvalue weighted by atomic mass is 10.1. The fraction of sp³-hybridized carbons (Fsp3) is 0.381. The van der Waals surface area contributed by atoms with Crippen molar-refractivity contribution in [2.45, 2.75) is 19.7 Å². The van der Waals surface area contributed by atoms with Crippen molar-refractivity contribution in [1.82, 2.24) is 10.6 Å². The van der Waals surface area contributed by atoms with Gasteiger partial charge in [0, 0.05) is 44.5 Å². The number of alkyl halides is 2. The molecule has 0 bridgehead atoms. The Hall–Kier alpha value is -2.14. The highest BCUT2D eigenvalue weighted by Crippen LogP contribution is 2.22. The molecule has 0 saturated carbocycles. The third kappa shape index (κ3) is 6.98. The number of rotatable bonds is 7. The van der Waals surface area contributed by atoms with Crippen LogP contribution in [0.3, 0.4) is 0 Å². The number of para-hydroxylation sites is 2. The predicted octanol–water partition coefficient (Wildman–Crippen LogP) is 3.61. The van der Waals surface area contributed by atoms with Gasteiger partial charge in [-0.3, -0.25) is 4.99 Å². The summed E-state index contributed by atoms with van der Waals surface area (Å²) in [5.41, 5.74) is 2.96. The van der Waals surface area contributed by atoms with E-state index in [0.29, 0.717) is 24.6 Å². The molecule has 9 heteroatoms. The van der Waals surface area contributed by atoms with E-state index in [1.165, 1.54) is 11.8 Å². The average Bonchev–Trinajstić information content (AvgIpc) is 2.75. The van der Waals surface area contributed by atoms with Crippen molar-refractivity contribution >= 4 is 35.6 Å². The molecule has 1 heterocycles. The third-order valence-corrected chi connectivity index (χ3v) is 4.65. The van der Waals surface area contributed by atoms with Crippen LogP contribution in [0.5, 0.6) is 5.75 Å². The minimum absolute atomic E-state index is 0. The summed E-state index contributed by atoms with van der Waals surface area (Å²) >= 11 is 0. The van der Waals surface area contributed by atoms with Crippen LogP contribution >= 0.6 is 24.0 Å². The molecule has 2 aromatic carbocycles. The molecule has 1 saturated heterocycles. The van der Waals surface area contributed by atoms with Gasteiger partial charge >= 0.3 is 6.61 Å². The van der Waals surface area contributed by atoms with Crippen LogP contribution in [0.25, 0.3) is 0 Å². The zero-order valence-corrected chi connectivity index (χ0v) is 19.1. The first kappa shape index (κ1) is 24.1. The van der Waals surface area contributed by atoms with Crippen molar-refractivity contribution in [3.63, 3.8) is 0 Å². The largest absolute Gasteiger partial charge is 0.434 e. The molecule has 164 valence electrons. The van der Waals surface area contributed by atoms with Crippen LogP contribution in [0.1, 0.15) is 11.1 Å². The van der Waals surface area contributed by atoms with Crippen molar-refractivity contribution in [1.29, 1.82) is 0 Å². The van der Waals surface area contributed by atoms with Gasteiger partial charge in [0.2, 0.25) is 0 Å². The van der Waals surface area contributed by atoms with Crippen molar-refractivity contribution in [3.05, 3.63) is 59.7 Å². The predicted molar refractivity (Wildman–Crippen MR) is 125 cm³/mol. The van der Waals surface area contributed by atoms with Gasteiger partial charge in [0.25, 0.3) is 0 Å². The van der Waals surface area contributed by atoms with Crippen LogP contribution in [-0.2, 0) is 17.8 Å². The van der Waals surface area contributed by atoms with Crippen LogP contribution in [0, 0.1) is 0 Å². The molecule has 0 aliphatic carbocycles. The number of ether oxygens (including phenoxy) is 2. The fourth-order valence-electron chi connectivity index (χ4n) is 3.21. The lowest BCUT2D eigenvalue weighted by molar-refractivity contribution is -0.0504. The van der Waals surface area contributed by atoms with E-state index >= 15 is 0 Å². The monoisotopic (exact) mass is 532 g/mol. The highest BCUT2D eigenvalue weighted by molar-refractivity contribution is 14.0. The molecule has 0 amide bonds.